The zero-order valence-electron chi connectivity index (χ0n) is 11.1. The van der Waals surface area contributed by atoms with E-state index in [2.05, 4.69) is 5.32 Å². The number of anilines is 1. The van der Waals surface area contributed by atoms with Crippen molar-refractivity contribution in [3.05, 3.63) is 26.2 Å². The molecule has 1 aliphatic carbocycles. The fraction of sp³-hybridized carbons (Fsp3) is 0.429. The third-order valence-electron chi connectivity index (χ3n) is 3.69. The number of nitrogens with zero attached hydrogens (tertiary/aromatic N) is 2. The molecule has 0 saturated heterocycles. The van der Waals surface area contributed by atoms with Crippen LogP contribution >= 0.6 is 34.8 Å². The maximum absolute atomic E-state index is 9.31. The second kappa shape index (κ2) is 6.73. The van der Waals surface area contributed by atoms with Gasteiger partial charge in [0.1, 0.15) is 12.1 Å². The van der Waals surface area contributed by atoms with Crippen LogP contribution in [-0.4, -0.2) is 12.1 Å². The lowest BCUT2D eigenvalue weighted by Crippen LogP contribution is -2.42. The molecule has 2 rings (SSSR count). The highest BCUT2D eigenvalue weighted by Crippen LogP contribution is 2.42. The van der Waals surface area contributed by atoms with Crippen molar-refractivity contribution in [1.29, 1.82) is 10.5 Å². The molecule has 0 aromatic heterocycles. The van der Waals surface area contributed by atoms with E-state index in [1.54, 1.807) is 0 Å². The molecule has 0 bridgehead atoms. The van der Waals surface area contributed by atoms with Crippen molar-refractivity contribution in [3.63, 3.8) is 0 Å². The van der Waals surface area contributed by atoms with E-state index in [1.807, 2.05) is 12.1 Å². The SMILES string of the molecule is N#Cc1c(Cl)c(Cl)c(NC2CCCCC2N)c(C#N)c1Cl. The Morgan fingerprint density at radius 1 is 0.952 bits per heavy atom. The minimum Gasteiger partial charge on any atom is -0.378 e. The van der Waals surface area contributed by atoms with E-state index >= 15 is 0 Å². The summed E-state index contributed by atoms with van der Waals surface area (Å²) in [5.74, 6) is 0. The molecular weight excluding hydrogens is 331 g/mol. The molecule has 0 amide bonds. The lowest BCUT2D eigenvalue weighted by Gasteiger charge is -2.31. The van der Waals surface area contributed by atoms with Crippen molar-refractivity contribution >= 4 is 40.5 Å². The standard InChI is InChI=1S/C14H13Cl3N4/c15-11-7(5-18)12(16)13(17)14(8(11)6-19)21-10-4-2-1-3-9(10)20/h9-10,21H,1-4,20H2. The first-order valence-electron chi connectivity index (χ1n) is 6.54. The maximum Gasteiger partial charge on any atom is 0.103 e. The molecule has 21 heavy (non-hydrogen) atoms. The Kier molecular flexibility index (Phi) is 5.19. The summed E-state index contributed by atoms with van der Waals surface area (Å²) in [7, 11) is 0. The summed E-state index contributed by atoms with van der Waals surface area (Å²) in [6, 6.07) is 3.83. The summed E-state index contributed by atoms with van der Waals surface area (Å²) >= 11 is 18.4. The predicted octanol–water partition coefficient (Wildman–Crippen LogP) is 4.07. The van der Waals surface area contributed by atoms with E-state index < -0.39 is 0 Å². The molecule has 2 atom stereocenters. The van der Waals surface area contributed by atoms with Gasteiger partial charge in [0, 0.05) is 12.1 Å². The molecule has 7 heteroatoms. The van der Waals surface area contributed by atoms with Crippen molar-refractivity contribution in [2.24, 2.45) is 5.73 Å². The van der Waals surface area contributed by atoms with Gasteiger partial charge in [-0.15, -0.1) is 0 Å². The van der Waals surface area contributed by atoms with Crippen molar-refractivity contribution in [2.75, 3.05) is 5.32 Å². The van der Waals surface area contributed by atoms with E-state index in [1.165, 1.54) is 0 Å². The highest BCUT2D eigenvalue weighted by Gasteiger charge is 2.26. The summed E-state index contributed by atoms with van der Waals surface area (Å²) in [6.45, 7) is 0. The van der Waals surface area contributed by atoms with Gasteiger partial charge < -0.3 is 11.1 Å². The normalized spacial score (nSPS) is 21.4. The van der Waals surface area contributed by atoms with Crippen LogP contribution in [0.25, 0.3) is 0 Å². The van der Waals surface area contributed by atoms with Crippen LogP contribution < -0.4 is 11.1 Å². The van der Waals surface area contributed by atoms with Gasteiger partial charge in [0.2, 0.25) is 0 Å². The van der Waals surface area contributed by atoms with Gasteiger partial charge in [-0.25, -0.2) is 0 Å². The third-order valence-corrected chi connectivity index (χ3v) is 4.92. The second-order valence-electron chi connectivity index (χ2n) is 4.99. The van der Waals surface area contributed by atoms with Crippen LogP contribution in [0, 0.1) is 22.7 Å². The monoisotopic (exact) mass is 342 g/mol. The smallest absolute Gasteiger partial charge is 0.103 e. The topological polar surface area (TPSA) is 85.6 Å². The number of nitrogens with one attached hydrogen (secondary N) is 1. The van der Waals surface area contributed by atoms with Gasteiger partial charge in [0.25, 0.3) is 0 Å². The number of benzene rings is 1. The third kappa shape index (κ3) is 3.05. The Labute approximate surface area is 138 Å². The Bertz CT molecular complexity index is 645. The number of nitrogens with two attached hydrogens (primary N) is 1. The minimum atomic E-state index is -0.0189. The highest BCUT2D eigenvalue weighted by atomic mass is 35.5. The van der Waals surface area contributed by atoms with E-state index in [4.69, 9.17) is 45.8 Å². The number of nitriles is 2. The summed E-state index contributed by atoms with van der Waals surface area (Å²) in [6.07, 6.45) is 3.95. The Hall–Kier alpha value is -1.17. The number of rotatable bonds is 2. The molecule has 0 heterocycles. The van der Waals surface area contributed by atoms with Crippen LogP contribution in [0.3, 0.4) is 0 Å². The molecule has 4 nitrogen and oxygen atoms in total. The van der Waals surface area contributed by atoms with Gasteiger partial charge in [0.05, 0.1) is 31.9 Å². The molecule has 1 aromatic carbocycles. The summed E-state index contributed by atoms with van der Waals surface area (Å²) in [5.41, 5.74) is 6.59. The Morgan fingerprint density at radius 2 is 1.57 bits per heavy atom. The van der Waals surface area contributed by atoms with Gasteiger partial charge in [-0.2, -0.15) is 10.5 Å². The molecule has 1 aromatic rings. The van der Waals surface area contributed by atoms with E-state index in [0.29, 0.717) is 5.69 Å². The van der Waals surface area contributed by atoms with E-state index in [0.717, 1.165) is 25.7 Å². The fourth-order valence-electron chi connectivity index (χ4n) is 2.52. The molecule has 0 radical (unpaired) electrons. The number of hydrogen-bond acceptors (Lipinski definition) is 4. The molecule has 0 aliphatic heterocycles. The van der Waals surface area contributed by atoms with Crippen LogP contribution in [0.4, 0.5) is 5.69 Å². The molecule has 3 N–H and O–H groups in total. The van der Waals surface area contributed by atoms with Crippen molar-refractivity contribution in [1.82, 2.24) is 0 Å². The zero-order valence-corrected chi connectivity index (χ0v) is 13.4. The number of halogens is 3. The molecule has 1 fully saturated rings. The number of hydrogen-bond donors (Lipinski definition) is 2. The summed E-state index contributed by atoms with van der Waals surface area (Å²) in [4.78, 5) is 0. The van der Waals surface area contributed by atoms with Crippen molar-refractivity contribution in [2.45, 2.75) is 37.8 Å². The van der Waals surface area contributed by atoms with E-state index in [-0.39, 0.29) is 38.3 Å². The quantitative estimate of drug-likeness (QED) is 0.792. The van der Waals surface area contributed by atoms with Crippen LogP contribution in [0.1, 0.15) is 36.8 Å². The average Bonchev–Trinajstić information content (AvgIpc) is 2.47. The Balaban J connectivity index is 2.49. The first-order valence-corrected chi connectivity index (χ1v) is 7.67. The van der Waals surface area contributed by atoms with Gasteiger partial charge >= 0.3 is 0 Å². The lowest BCUT2D eigenvalue weighted by atomic mass is 9.90. The van der Waals surface area contributed by atoms with Crippen molar-refractivity contribution < 1.29 is 0 Å². The maximum atomic E-state index is 9.31. The summed E-state index contributed by atoms with van der Waals surface area (Å²) < 4.78 is 0. The second-order valence-corrected chi connectivity index (χ2v) is 6.12. The van der Waals surface area contributed by atoms with Gasteiger partial charge in [-0.05, 0) is 12.8 Å². The minimum absolute atomic E-state index is 0.00317. The van der Waals surface area contributed by atoms with E-state index in [9.17, 15) is 5.26 Å². The largest absolute Gasteiger partial charge is 0.378 e. The van der Waals surface area contributed by atoms with Gasteiger partial charge in [-0.1, -0.05) is 47.6 Å². The van der Waals surface area contributed by atoms with Gasteiger partial charge in [0.15, 0.2) is 0 Å². The van der Waals surface area contributed by atoms with Crippen LogP contribution in [0.15, 0.2) is 0 Å². The first kappa shape index (κ1) is 16.2. The average molecular weight is 344 g/mol. The van der Waals surface area contributed by atoms with Gasteiger partial charge in [-0.3, -0.25) is 0 Å². The highest BCUT2D eigenvalue weighted by molar-refractivity contribution is 6.46. The molecular formula is C14H13Cl3N4. The summed E-state index contributed by atoms with van der Waals surface area (Å²) in [5, 5.41) is 21.8. The molecule has 110 valence electrons. The first-order chi connectivity index (χ1) is 10.0. The van der Waals surface area contributed by atoms with Crippen LogP contribution in [-0.2, 0) is 0 Å². The fourth-order valence-corrected chi connectivity index (χ4v) is 3.32. The molecule has 2 unspecified atom stereocenters. The zero-order chi connectivity index (χ0) is 15.6. The molecule has 1 aliphatic rings. The van der Waals surface area contributed by atoms with Crippen LogP contribution in [0.5, 0.6) is 0 Å². The molecule has 0 spiro atoms. The predicted molar refractivity (Wildman–Crippen MR) is 84.8 cm³/mol. The lowest BCUT2D eigenvalue weighted by molar-refractivity contribution is 0.404. The Morgan fingerprint density at radius 3 is 2.14 bits per heavy atom. The van der Waals surface area contributed by atoms with Crippen molar-refractivity contribution in [3.8, 4) is 12.1 Å². The molecule has 1 saturated carbocycles. The van der Waals surface area contributed by atoms with Crippen LogP contribution in [0.2, 0.25) is 15.1 Å².